The maximum Gasteiger partial charge on any atom is 0.194 e. The molecule has 1 saturated heterocycles. The van der Waals surface area contributed by atoms with Crippen LogP contribution in [0.15, 0.2) is 47.5 Å². The standard InChI is InChI=1S/C24H29N3O3.HI/c1-5-13-29-22-15-19(10-11-21(22)28-4)16-26-24(25-3)27-12-14-30-23(17-27)20-9-7-6-8-18(20)2;/h1,6-11,15,23H,12-14,16-17H2,2-4H3,(H,25,26);1H. The predicted molar refractivity (Wildman–Crippen MR) is 134 cm³/mol. The van der Waals surface area contributed by atoms with E-state index in [1.807, 2.05) is 18.2 Å². The molecule has 7 heteroatoms. The molecule has 1 fully saturated rings. The summed E-state index contributed by atoms with van der Waals surface area (Å²) in [4.78, 5) is 6.71. The number of aryl methyl sites for hydroxylation is 1. The van der Waals surface area contributed by atoms with Crippen LogP contribution in [-0.4, -0.2) is 51.3 Å². The molecule has 31 heavy (non-hydrogen) atoms. The second kappa shape index (κ2) is 12.4. The quantitative estimate of drug-likeness (QED) is 0.264. The fourth-order valence-electron chi connectivity index (χ4n) is 3.55. The van der Waals surface area contributed by atoms with Gasteiger partial charge in [-0.05, 0) is 35.7 Å². The molecule has 0 aliphatic carbocycles. The van der Waals surface area contributed by atoms with Gasteiger partial charge in [-0.2, -0.15) is 0 Å². The fourth-order valence-corrected chi connectivity index (χ4v) is 3.55. The van der Waals surface area contributed by atoms with E-state index in [-0.39, 0.29) is 36.7 Å². The number of nitrogens with zero attached hydrogens (tertiary/aromatic N) is 2. The Labute approximate surface area is 202 Å². The highest BCUT2D eigenvalue weighted by atomic mass is 127. The third-order valence-corrected chi connectivity index (χ3v) is 5.10. The Balaban J connectivity index is 0.00000341. The van der Waals surface area contributed by atoms with Gasteiger partial charge in [0.1, 0.15) is 12.7 Å². The van der Waals surface area contributed by atoms with E-state index < -0.39 is 0 Å². The average Bonchev–Trinajstić information content (AvgIpc) is 2.78. The molecule has 1 atom stereocenters. The number of benzene rings is 2. The number of nitrogens with one attached hydrogen (secondary N) is 1. The molecular weight excluding hydrogens is 505 g/mol. The molecule has 0 aromatic heterocycles. The van der Waals surface area contributed by atoms with E-state index in [0.717, 1.165) is 24.6 Å². The van der Waals surface area contributed by atoms with E-state index in [4.69, 9.17) is 20.6 Å². The zero-order chi connectivity index (χ0) is 21.3. The number of hydrogen-bond acceptors (Lipinski definition) is 4. The second-order valence-electron chi connectivity index (χ2n) is 7.04. The Morgan fingerprint density at radius 2 is 2.10 bits per heavy atom. The summed E-state index contributed by atoms with van der Waals surface area (Å²) in [5, 5.41) is 3.45. The minimum absolute atomic E-state index is 0. The predicted octanol–water partition coefficient (Wildman–Crippen LogP) is 3.78. The van der Waals surface area contributed by atoms with Gasteiger partial charge in [0.25, 0.3) is 0 Å². The smallest absolute Gasteiger partial charge is 0.194 e. The van der Waals surface area contributed by atoms with Gasteiger partial charge in [-0.3, -0.25) is 4.99 Å². The minimum Gasteiger partial charge on any atom is -0.493 e. The zero-order valence-electron chi connectivity index (χ0n) is 18.3. The van der Waals surface area contributed by atoms with Crippen LogP contribution >= 0.6 is 24.0 Å². The second-order valence-corrected chi connectivity index (χ2v) is 7.04. The molecule has 166 valence electrons. The number of halogens is 1. The number of methoxy groups -OCH3 is 1. The highest BCUT2D eigenvalue weighted by Crippen LogP contribution is 2.28. The van der Waals surface area contributed by atoms with Crippen LogP contribution in [0.4, 0.5) is 0 Å². The summed E-state index contributed by atoms with van der Waals surface area (Å²) in [6.07, 6.45) is 5.34. The van der Waals surface area contributed by atoms with Crippen LogP contribution < -0.4 is 14.8 Å². The largest absolute Gasteiger partial charge is 0.493 e. The first-order valence-electron chi connectivity index (χ1n) is 10.0. The molecule has 0 spiro atoms. The molecule has 0 radical (unpaired) electrons. The van der Waals surface area contributed by atoms with Crippen LogP contribution in [0.25, 0.3) is 0 Å². The number of aliphatic imine (C=N–C) groups is 1. The van der Waals surface area contributed by atoms with Gasteiger partial charge in [0.05, 0.1) is 20.3 Å². The molecule has 1 aliphatic heterocycles. The van der Waals surface area contributed by atoms with Gasteiger partial charge in [0, 0.05) is 20.1 Å². The number of terminal acetylenes is 1. The van der Waals surface area contributed by atoms with Crippen LogP contribution in [0.2, 0.25) is 0 Å². The lowest BCUT2D eigenvalue weighted by Gasteiger charge is -2.35. The normalized spacial score (nSPS) is 16.1. The maximum absolute atomic E-state index is 6.04. The minimum atomic E-state index is 0. The van der Waals surface area contributed by atoms with Gasteiger partial charge < -0.3 is 24.4 Å². The summed E-state index contributed by atoms with van der Waals surface area (Å²) in [5.74, 6) is 4.62. The lowest BCUT2D eigenvalue weighted by Crippen LogP contribution is -2.48. The van der Waals surface area contributed by atoms with Gasteiger partial charge in [-0.15, -0.1) is 30.4 Å². The van der Waals surface area contributed by atoms with E-state index in [0.29, 0.717) is 24.7 Å². The van der Waals surface area contributed by atoms with Crippen molar-refractivity contribution < 1.29 is 14.2 Å². The summed E-state index contributed by atoms with van der Waals surface area (Å²) in [5.41, 5.74) is 3.51. The van der Waals surface area contributed by atoms with Crippen LogP contribution in [0, 0.1) is 19.3 Å². The zero-order valence-corrected chi connectivity index (χ0v) is 20.6. The molecule has 2 aromatic rings. The van der Waals surface area contributed by atoms with Crippen molar-refractivity contribution in [2.45, 2.75) is 19.6 Å². The SMILES string of the molecule is C#CCOc1cc(CNC(=NC)N2CCOC(c3ccccc3C)C2)ccc1OC.I. The maximum atomic E-state index is 6.04. The van der Waals surface area contributed by atoms with E-state index >= 15 is 0 Å². The third-order valence-electron chi connectivity index (χ3n) is 5.10. The molecule has 6 nitrogen and oxygen atoms in total. The molecule has 1 unspecified atom stereocenters. The Kier molecular flexibility index (Phi) is 9.95. The lowest BCUT2D eigenvalue weighted by atomic mass is 10.0. The number of guanidine groups is 1. The summed E-state index contributed by atoms with van der Waals surface area (Å²) < 4.78 is 17.0. The van der Waals surface area contributed by atoms with Crippen molar-refractivity contribution in [2.24, 2.45) is 4.99 Å². The topological polar surface area (TPSA) is 55.3 Å². The van der Waals surface area contributed by atoms with Crippen molar-refractivity contribution in [3.05, 3.63) is 59.2 Å². The number of ether oxygens (including phenoxy) is 3. The molecular formula is C24H30IN3O3. The van der Waals surface area contributed by atoms with Crippen LogP contribution in [0.3, 0.4) is 0 Å². The van der Waals surface area contributed by atoms with Gasteiger partial charge in [-0.25, -0.2) is 0 Å². The highest BCUT2D eigenvalue weighted by Gasteiger charge is 2.25. The fraction of sp³-hybridized carbons (Fsp3) is 0.375. The average molecular weight is 535 g/mol. The van der Waals surface area contributed by atoms with Crippen LogP contribution in [0.1, 0.15) is 22.8 Å². The van der Waals surface area contributed by atoms with E-state index in [9.17, 15) is 0 Å². The van der Waals surface area contributed by atoms with Gasteiger partial charge >= 0.3 is 0 Å². The molecule has 2 aromatic carbocycles. The summed E-state index contributed by atoms with van der Waals surface area (Å²) in [6, 6.07) is 14.2. The molecule has 0 amide bonds. The van der Waals surface area contributed by atoms with Gasteiger partial charge in [0.15, 0.2) is 17.5 Å². The summed E-state index contributed by atoms with van der Waals surface area (Å²) in [7, 11) is 3.41. The molecule has 0 bridgehead atoms. The van der Waals surface area contributed by atoms with Crippen molar-refractivity contribution in [3.8, 4) is 23.8 Å². The third kappa shape index (κ3) is 6.52. The van der Waals surface area contributed by atoms with E-state index in [1.54, 1.807) is 14.2 Å². The lowest BCUT2D eigenvalue weighted by molar-refractivity contribution is -0.00833. The van der Waals surface area contributed by atoms with Crippen molar-refractivity contribution in [1.82, 2.24) is 10.2 Å². The summed E-state index contributed by atoms with van der Waals surface area (Å²) in [6.45, 7) is 5.13. The molecule has 1 N–H and O–H groups in total. The Morgan fingerprint density at radius 1 is 1.29 bits per heavy atom. The first-order valence-corrected chi connectivity index (χ1v) is 10.0. The van der Waals surface area contributed by atoms with Crippen molar-refractivity contribution >= 4 is 29.9 Å². The molecule has 0 saturated carbocycles. The number of rotatable bonds is 6. The molecule has 1 aliphatic rings. The number of hydrogen-bond donors (Lipinski definition) is 1. The molecule has 1 heterocycles. The monoisotopic (exact) mass is 535 g/mol. The van der Waals surface area contributed by atoms with Crippen molar-refractivity contribution in [1.29, 1.82) is 0 Å². The van der Waals surface area contributed by atoms with Crippen molar-refractivity contribution in [3.63, 3.8) is 0 Å². The summed E-state index contributed by atoms with van der Waals surface area (Å²) >= 11 is 0. The first kappa shape index (κ1) is 24.8. The molecule has 3 rings (SSSR count). The number of morpholine rings is 1. The van der Waals surface area contributed by atoms with E-state index in [2.05, 4.69) is 52.3 Å². The Morgan fingerprint density at radius 3 is 2.81 bits per heavy atom. The van der Waals surface area contributed by atoms with Crippen molar-refractivity contribution in [2.75, 3.05) is 40.5 Å². The van der Waals surface area contributed by atoms with Gasteiger partial charge in [0.2, 0.25) is 0 Å². The van der Waals surface area contributed by atoms with Crippen LogP contribution in [-0.2, 0) is 11.3 Å². The Bertz CT molecular complexity index is 927. The Hall–Kier alpha value is -2.44. The van der Waals surface area contributed by atoms with Gasteiger partial charge in [-0.1, -0.05) is 36.3 Å². The van der Waals surface area contributed by atoms with Crippen LogP contribution in [0.5, 0.6) is 11.5 Å². The highest BCUT2D eigenvalue weighted by molar-refractivity contribution is 14.0. The first-order chi connectivity index (χ1) is 14.7. The van der Waals surface area contributed by atoms with E-state index in [1.165, 1.54) is 11.1 Å².